The van der Waals surface area contributed by atoms with Gasteiger partial charge in [0.15, 0.2) is 9.34 Å². The summed E-state index contributed by atoms with van der Waals surface area (Å²) in [5, 5.41) is 0.297. The number of rotatable bonds is 4. The first-order valence-electron chi connectivity index (χ1n) is 6.17. The molecule has 1 fully saturated rings. The third kappa shape index (κ3) is 3.07. The zero-order valence-corrected chi connectivity index (χ0v) is 12.8. The van der Waals surface area contributed by atoms with Crippen LogP contribution in [0.4, 0.5) is 5.13 Å². The molecule has 0 atom stereocenters. The first kappa shape index (κ1) is 14.7. The molecule has 2 rings (SSSR count). The van der Waals surface area contributed by atoms with E-state index in [1.807, 2.05) is 0 Å². The lowest BCUT2D eigenvalue weighted by Crippen LogP contribution is -2.39. The Kier molecular flexibility index (Phi) is 4.44. The van der Waals surface area contributed by atoms with Crippen LogP contribution in [0.2, 0.25) is 0 Å². The molecule has 1 saturated heterocycles. The Balaban J connectivity index is 2.12. The maximum absolute atomic E-state index is 12.5. The van der Waals surface area contributed by atoms with Crippen molar-refractivity contribution in [2.24, 2.45) is 5.92 Å². The highest BCUT2D eigenvalue weighted by molar-refractivity contribution is 7.91. The molecule has 1 aliphatic heterocycles. The van der Waals surface area contributed by atoms with Crippen molar-refractivity contribution in [1.82, 2.24) is 9.29 Å². The molecule has 108 valence electrons. The van der Waals surface area contributed by atoms with E-state index in [9.17, 15) is 8.42 Å². The van der Waals surface area contributed by atoms with Gasteiger partial charge < -0.3 is 10.5 Å². The molecule has 0 aliphatic carbocycles. The standard InChI is InChI=1S/C11H19N3O3S2/c1-8-10(18-11(12)13-8)19(15,16)14-5-3-9(4-6-14)7-17-2/h9H,3-7H2,1-2H3,(H2,12,13). The van der Waals surface area contributed by atoms with Crippen molar-refractivity contribution in [3.8, 4) is 0 Å². The molecule has 2 heterocycles. The van der Waals surface area contributed by atoms with Crippen molar-refractivity contribution in [3.63, 3.8) is 0 Å². The van der Waals surface area contributed by atoms with Crippen LogP contribution in [0.25, 0.3) is 0 Å². The van der Waals surface area contributed by atoms with Crippen molar-refractivity contribution < 1.29 is 13.2 Å². The number of sulfonamides is 1. The molecule has 1 aliphatic rings. The molecular weight excluding hydrogens is 286 g/mol. The number of aromatic nitrogens is 1. The number of nitrogens with two attached hydrogens (primary N) is 1. The first-order valence-corrected chi connectivity index (χ1v) is 8.42. The number of thiazole rings is 1. The lowest BCUT2D eigenvalue weighted by molar-refractivity contribution is 0.121. The van der Waals surface area contributed by atoms with Gasteiger partial charge >= 0.3 is 0 Å². The van der Waals surface area contributed by atoms with Crippen LogP contribution < -0.4 is 5.73 Å². The van der Waals surface area contributed by atoms with Gasteiger partial charge in [-0.2, -0.15) is 4.31 Å². The van der Waals surface area contributed by atoms with E-state index in [1.54, 1.807) is 14.0 Å². The summed E-state index contributed by atoms with van der Waals surface area (Å²) < 4.78 is 31.9. The third-order valence-electron chi connectivity index (χ3n) is 3.32. The van der Waals surface area contributed by atoms with Gasteiger partial charge in [0.05, 0.1) is 5.69 Å². The fourth-order valence-electron chi connectivity index (χ4n) is 2.31. The summed E-state index contributed by atoms with van der Waals surface area (Å²) in [6.45, 7) is 3.44. The number of hydrogen-bond donors (Lipinski definition) is 1. The van der Waals surface area contributed by atoms with E-state index in [0.29, 0.717) is 36.4 Å². The second kappa shape index (κ2) is 5.74. The number of nitrogen functional groups attached to an aromatic ring is 1. The van der Waals surface area contributed by atoms with Gasteiger partial charge in [-0.25, -0.2) is 13.4 Å². The number of anilines is 1. The second-order valence-corrected chi connectivity index (χ2v) is 7.89. The van der Waals surface area contributed by atoms with Crippen LogP contribution in [0.3, 0.4) is 0 Å². The number of aryl methyl sites for hydroxylation is 1. The van der Waals surface area contributed by atoms with Crippen LogP contribution >= 0.6 is 11.3 Å². The van der Waals surface area contributed by atoms with Crippen molar-refractivity contribution in [3.05, 3.63) is 5.69 Å². The highest BCUT2D eigenvalue weighted by Crippen LogP contribution is 2.30. The molecule has 1 aromatic heterocycles. The molecule has 0 amide bonds. The minimum Gasteiger partial charge on any atom is -0.384 e. The van der Waals surface area contributed by atoms with Gasteiger partial charge in [0.1, 0.15) is 0 Å². The molecule has 0 spiro atoms. The van der Waals surface area contributed by atoms with E-state index in [1.165, 1.54) is 4.31 Å². The number of hydrogen-bond acceptors (Lipinski definition) is 6. The highest BCUT2D eigenvalue weighted by Gasteiger charge is 2.32. The van der Waals surface area contributed by atoms with Crippen molar-refractivity contribution in [2.75, 3.05) is 32.5 Å². The Morgan fingerprint density at radius 1 is 1.47 bits per heavy atom. The molecule has 0 saturated carbocycles. The summed E-state index contributed by atoms with van der Waals surface area (Å²) in [6, 6.07) is 0. The molecule has 6 nitrogen and oxygen atoms in total. The average Bonchev–Trinajstić information content (AvgIpc) is 2.70. The maximum atomic E-state index is 12.5. The monoisotopic (exact) mass is 305 g/mol. The SMILES string of the molecule is COCC1CCN(S(=O)(=O)c2sc(N)nc2C)CC1. The third-order valence-corrected chi connectivity index (χ3v) is 6.79. The number of nitrogens with zero attached hydrogens (tertiary/aromatic N) is 2. The quantitative estimate of drug-likeness (QED) is 0.899. The van der Waals surface area contributed by atoms with Crippen LogP contribution in [0.15, 0.2) is 4.21 Å². The summed E-state index contributed by atoms with van der Waals surface area (Å²) in [5.74, 6) is 0.448. The highest BCUT2D eigenvalue weighted by atomic mass is 32.2. The van der Waals surface area contributed by atoms with Crippen LogP contribution in [0.5, 0.6) is 0 Å². The second-order valence-electron chi connectivity index (χ2n) is 4.73. The van der Waals surface area contributed by atoms with Crippen molar-refractivity contribution in [2.45, 2.75) is 24.0 Å². The predicted molar refractivity (Wildman–Crippen MR) is 74.6 cm³/mol. The number of ether oxygens (including phenoxy) is 1. The van der Waals surface area contributed by atoms with Gasteiger partial charge in [0.25, 0.3) is 10.0 Å². The van der Waals surface area contributed by atoms with Gasteiger partial charge in [-0.15, -0.1) is 0 Å². The van der Waals surface area contributed by atoms with Crippen molar-refractivity contribution in [1.29, 1.82) is 0 Å². The summed E-state index contributed by atoms with van der Waals surface area (Å²) in [6.07, 6.45) is 1.67. The maximum Gasteiger partial charge on any atom is 0.254 e. The van der Waals surface area contributed by atoms with E-state index in [-0.39, 0.29) is 4.21 Å². The summed E-state index contributed by atoms with van der Waals surface area (Å²) in [4.78, 5) is 3.99. The van der Waals surface area contributed by atoms with E-state index in [2.05, 4.69) is 4.98 Å². The fraction of sp³-hybridized carbons (Fsp3) is 0.727. The molecule has 0 unspecified atom stereocenters. The van der Waals surface area contributed by atoms with E-state index in [0.717, 1.165) is 24.2 Å². The zero-order chi connectivity index (χ0) is 14.0. The van der Waals surface area contributed by atoms with E-state index in [4.69, 9.17) is 10.5 Å². The van der Waals surface area contributed by atoms with Crippen LogP contribution in [0.1, 0.15) is 18.5 Å². The van der Waals surface area contributed by atoms with Gasteiger partial charge in [-0.3, -0.25) is 0 Å². The van der Waals surface area contributed by atoms with E-state index >= 15 is 0 Å². The first-order chi connectivity index (χ1) is 8.95. The van der Waals surface area contributed by atoms with Crippen LogP contribution in [-0.2, 0) is 14.8 Å². The van der Waals surface area contributed by atoms with Gasteiger partial charge in [-0.1, -0.05) is 11.3 Å². The Hall–Kier alpha value is -0.700. The molecule has 2 N–H and O–H groups in total. The number of methoxy groups -OCH3 is 1. The molecular formula is C11H19N3O3S2. The molecule has 1 aromatic rings. The average molecular weight is 305 g/mol. The minimum absolute atomic E-state index is 0.273. The van der Waals surface area contributed by atoms with Gasteiger partial charge in [0, 0.05) is 26.8 Å². The molecule has 8 heteroatoms. The van der Waals surface area contributed by atoms with Gasteiger partial charge in [0.2, 0.25) is 0 Å². The largest absolute Gasteiger partial charge is 0.384 e. The Bertz CT molecular complexity index is 533. The molecule has 0 radical (unpaired) electrons. The lowest BCUT2D eigenvalue weighted by atomic mass is 9.99. The molecule has 0 bridgehead atoms. The topological polar surface area (TPSA) is 85.5 Å². The molecule has 0 aromatic carbocycles. The lowest BCUT2D eigenvalue weighted by Gasteiger charge is -2.30. The molecule has 19 heavy (non-hydrogen) atoms. The van der Waals surface area contributed by atoms with E-state index < -0.39 is 10.0 Å². The number of piperidine rings is 1. The smallest absolute Gasteiger partial charge is 0.254 e. The fourth-order valence-corrected chi connectivity index (χ4v) is 5.22. The zero-order valence-electron chi connectivity index (χ0n) is 11.1. The summed E-state index contributed by atoms with van der Waals surface area (Å²) in [5.41, 5.74) is 6.06. The van der Waals surface area contributed by atoms with Gasteiger partial charge in [-0.05, 0) is 25.7 Å². The van der Waals surface area contributed by atoms with Crippen LogP contribution in [0, 0.1) is 12.8 Å². The predicted octanol–water partition coefficient (Wildman–Crippen LogP) is 1.08. The Morgan fingerprint density at radius 3 is 2.58 bits per heavy atom. The van der Waals surface area contributed by atoms with Crippen molar-refractivity contribution >= 4 is 26.5 Å². The normalized spacial score (nSPS) is 18.8. The summed E-state index contributed by atoms with van der Waals surface area (Å²) >= 11 is 1.04. The van der Waals surface area contributed by atoms with Crippen LogP contribution in [-0.4, -0.2) is 44.5 Å². The Labute approximate surface area is 117 Å². The summed E-state index contributed by atoms with van der Waals surface area (Å²) in [7, 11) is -1.77. The minimum atomic E-state index is -3.44. The Morgan fingerprint density at radius 2 is 2.11 bits per heavy atom.